The number of nitrogens with one attached hydrogen (secondary N) is 2. The van der Waals surface area contributed by atoms with Gasteiger partial charge in [0.15, 0.2) is 6.23 Å². The van der Waals surface area contributed by atoms with Crippen molar-refractivity contribution in [1.82, 2.24) is 20.4 Å². The average Bonchev–Trinajstić information content (AvgIpc) is 3.01. The number of esters is 1. The number of hydrogen-bond acceptors (Lipinski definition) is 7. The normalized spacial score (nSPS) is 16.3. The van der Waals surface area contributed by atoms with E-state index >= 15 is 0 Å². The van der Waals surface area contributed by atoms with Gasteiger partial charge < -0.3 is 25.0 Å². The van der Waals surface area contributed by atoms with Crippen LogP contribution in [0.1, 0.15) is 69.2 Å². The first-order valence-electron chi connectivity index (χ1n) is 15.1. The van der Waals surface area contributed by atoms with Crippen molar-refractivity contribution in [2.45, 2.75) is 72.3 Å². The predicted octanol–water partition coefficient (Wildman–Crippen LogP) is 4.33. The molecule has 2 N–H and O–H groups in total. The molecule has 43 heavy (non-hydrogen) atoms. The molecule has 2 aromatic carbocycles. The predicted molar refractivity (Wildman–Crippen MR) is 164 cm³/mol. The van der Waals surface area contributed by atoms with E-state index in [0.717, 1.165) is 34.4 Å². The Morgan fingerprint density at radius 3 is 2.33 bits per heavy atom. The molecule has 234 valence electrons. The largest absolute Gasteiger partial charge is 0.460 e. The van der Waals surface area contributed by atoms with Crippen LogP contribution in [0.15, 0.2) is 54.6 Å². The summed E-state index contributed by atoms with van der Waals surface area (Å²) in [6.45, 7) is 8.50. The Labute approximate surface area is 255 Å². The topological polar surface area (TPSA) is 117 Å². The lowest BCUT2D eigenvalue weighted by Crippen LogP contribution is -2.72. The minimum absolute atomic E-state index is 0.0246. The molecule has 1 fully saturated rings. The lowest BCUT2D eigenvalue weighted by atomic mass is 9.72. The first kappa shape index (κ1) is 33.7. The van der Waals surface area contributed by atoms with Crippen LogP contribution in [0, 0.1) is 12.3 Å². The van der Waals surface area contributed by atoms with Crippen molar-refractivity contribution in [2.24, 2.45) is 5.41 Å². The molecule has 0 aliphatic carbocycles. The fourth-order valence-corrected chi connectivity index (χ4v) is 5.21. The summed E-state index contributed by atoms with van der Waals surface area (Å²) in [7, 11) is 1.64. The fraction of sp³-hybridized carbons (Fsp3) is 0.515. The number of aryl methyl sites for hydroxylation is 1. The lowest BCUT2D eigenvalue weighted by Gasteiger charge is -2.53. The first-order valence-corrected chi connectivity index (χ1v) is 15.1. The van der Waals surface area contributed by atoms with E-state index in [1.807, 2.05) is 82.3 Å². The molecule has 2 atom stereocenters. The Bertz CT molecular complexity index is 1220. The summed E-state index contributed by atoms with van der Waals surface area (Å²) in [5.41, 5.74) is 2.15. The van der Waals surface area contributed by atoms with Crippen molar-refractivity contribution in [1.29, 1.82) is 0 Å². The third kappa shape index (κ3) is 8.64. The van der Waals surface area contributed by atoms with Gasteiger partial charge in [-0.3, -0.25) is 14.4 Å². The quantitative estimate of drug-likeness (QED) is 0.169. The van der Waals surface area contributed by atoms with Gasteiger partial charge in [0.2, 0.25) is 11.8 Å². The molecule has 2 aromatic rings. The van der Waals surface area contributed by atoms with E-state index in [1.54, 1.807) is 7.05 Å². The highest BCUT2D eigenvalue weighted by Gasteiger charge is 2.62. The minimum atomic E-state index is -0.859. The van der Waals surface area contributed by atoms with Crippen LogP contribution in [0.3, 0.4) is 0 Å². The summed E-state index contributed by atoms with van der Waals surface area (Å²) in [5.74, 6) is -0.964. The van der Waals surface area contributed by atoms with E-state index in [-0.39, 0.29) is 43.6 Å². The zero-order chi connectivity index (χ0) is 31.4. The number of amides is 4. The molecule has 1 aliphatic rings. The molecule has 2 unspecified atom stereocenters. The van der Waals surface area contributed by atoms with E-state index in [1.165, 1.54) is 4.90 Å². The van der Waals surface area contributed by atoms with Gasteiger partial charge in [-0.05, 0) is 37.3 Å². The molecular weight excluding hydrogens is 548 g/mol. The van der Waals surface area contributed by atoms with Crippen molar-refractivity contribution in [3.8, 4) is 0 Å². The van der Waals surface area contributed by atoms with E-state index in [2.05, 4.69) is 10.6 Å². The van der Waals surface area contributed by atoms with Crippen LogP contribution in [0.5, 0.6) is 0 Å². The Balaban J connectivity index is 1.51. The van der Waals surface area contributed by atoms with Crippen LogP contribution in [-0.4, -0.2) is 73.1 Å². The molecular formula is C33H46N4O6. The summed E-state index contributed by atoms with van der Waals surface area (Å²) >= 11 is 0. The van der Waals surface area contributed by atoms with Crippen molar-refractivity contribution < 1.29 is 28.7 Å². The fourth-order valence-electron chi connectivity index (χ4n) is 5.21. The number of benzene rings is 2. The summed E-state index contributed by atoms with van der Waals surface area (Å²) in [6.07, 6.45) is 1.70. The van der Waals surface area contributed by atoms with E-state index in [0.29, 0.717) is 25.9 Å². The molecule has 0 bridgehead atoms. The number of β-lactam (4-membered cyclic amide) rings is 1. The second-order valence-corrected chi connectivity index (χ2v) is 11.0. The van der Waals surface area contributed by atoms with Gasteiger partial charge >= 0.3 is 12.0 Å². The second kappa shape index (κ2) is 16.2. The van der Waals surface area contributed by atoms with E-state index < -0.39 is 17.7 Å². The molecule has 10 heteroatoms. The molecule has 1 aliphatic heterocycles. The molecule has 0 saturated carbocycles. The van der Waals surface area contributed by atoms with Gasteiger partial charge in [0.1, 0.15) is 13.2 Å². The highest BCUT2D eigenvalue weighted by molar-refractivity contribution is 6.03. The van der Waals surface area contributed by atoms with Crippen molar-refractivity contribution in [3.63, 3.8) is 0 Å². The summed E-state index contributed by atoms with van der Waals surface area (Å²) < 4.78 is 11.2. The lowest BCUT2D eigenvalue weighted by molar-refractivity contribution is -0.211. The number of likely N-dealkylation sites (N-methyl/N-ethyl adjacent to an activating group) is 1. The highest BCUT2D eigenvalue weighted by atomic mass is 16.5. The number of urea groups is 1. The monoisotopic (exact) mass is 594 g/mol. The molecule has 1 saturated heterocycles. The summed E-state index contributed by atoms with van der Waals surface area (Å²) in [5, 5.41) is 6.00. The van der Waals surface area contributed by atoms with Crippen LogP contribution in [0.4, 0.5) is 4.79 Å². The number of carbonyl (C=O) groups is 4. The number of likely N-dealkylation sites (tertiary alicyclic amines) is 1. The van der Waals surface area contributed by atoms with E-state index in [9.17, 15) is 19.2 Å². The average molecular weight is 595 g/mol. The van der Waals surface area contributed by atoms with Crippen LogP contribution in [-0.2, 0) is 30.5 Å². The molecule has 0 aromatic heterocycles. The first-order chi connectivity index (χ1) is 20.7. The number of carbonyl (C=O) groups excluding carboxylic acids is 4. The van der Waals surface area contributed by atoms with Crippen LogP contribution >= 0.6 is 0 Å². The maximum Gasteiger partial charge on any atom is 0.326 e. The molecule has 4 amide bonds. The Morgan fingerprint density at radius 1 is 1.02 bits per heavy atom. The van der Waals surface area contributed by atoms with Crippen LogP contribution in [0.25, 0.3) is 0 Å². The summed E-state index contributed by atoms with van der Waals surface area (Å²) in [4.78, 5) is 54.2. The SMILES string of the molecule is CCCC(NC(=O)N1C(=O)C(CC)(CC)C1OCC(=O)N(C)CCNCC(=O)OCc1ccccc1)c1ccc(C)cc1. The number of rotatable bonds is 16. The van der Waals surface area contributed by atoms with Gasteiger partial charge in [-0.2, -0.15) is 0 Å². The zero-order valence-corrected chi connectivity index (χ0v) is 26.1. The maximum atomic E-state index is 13.4. The van der Waals surface area contributed by atoms with Gasteiger partial charge in [0, 0.05) is 20.1 Å². The number of ether oxygens (including phenoxy) is 2. The molecule has 0 spiro atoms. The van der Waals surface area contributed by atoms with Gasteiger partial charge in [0.25, 0.3) is 0 Å². The molecule has 3 rings (SSSR count). The smallest absolute Gasteiger partial charge is 0.326 e. The molecule has 0 radical (unpaired) electrons. The van der Waals surface area contributed by atoms with Crippen molar-refractivity contribution in [3.05, 3.63) is 71.3 Å². The Hall–Kier alpha value is -3.76. The van der Waals surface area contributed by atoms with Crippen LogP contribution in [0.2, 0.25) is 0 Å². The highest BCUT2D eigenvalue weighted by Crippen LogP contribution is 2.46. The van der Waals surface area contributed by atoms with Crippen LogP contribution < -0.4 is 10.6 Å². The Kier molecular flexibility index (Phi) is 12.7. The van der Waals surface area contributed by atoms with Gasteiger partial charge in [0.05, 0.1) is 18.0 Å². The standard InChI is InChI=1S/C33H46N4O6/c1-6-12-27(26-17-15-24(4)16-18-26)35-32(41)37-30(40)33(7-2,8-3)31(37)43-23-28(38)36(5)20-19-34-21-29(39)42-22-25-13-10-9-11-14-25/h9-11,13-18,27,31,34H,6-8,12,19-23H2,1-5H3,(H,35,41). The zero-order valence-electron chi connectivity index (χ0n) is 26.1. The minimum Gasteiger partial charge on any atom is -0.460 e. The third-order valence-corrected chi connectivity index (χ3v) is 8.11. The second-order valence-electron chi connectivity index (χ2n) is 11.0. The van der Waals surface area contributed by atoms with E-state index in [4.69, 9.17) is 9.47 Å². The van der Waals surface area contributed by atoms with Gasteiger partial charge in [-0.25, -0.2) is 9.69 Å². The molecule has 1 heterocycles. The maximum absolute atomic E-state index is 13.4. The Morgan fingerprint density at radius 2 is 1.70 bits per heavy atom. The third-order valence-electron chi connectivity index (χ3n) is 8.11. The summed E-state index contributed by atoms with van der Waals surface area (Å²) in [6, 6.07) is 16.6. The van der Waals surface area contributed by atoms with Crippen molar-refractivity contribution >= 4 is 23.8 Å². The van der Waals surface area contributed by atoms with Gasteiger partial charge in [-0.1, -0.05) is 87.4 Å². The molecule has 10 nitrogen and oxygen atoms in total. The number of nitrogens with zero attached hydrogens (tertiary/aromatic N) is 2. The van der Waals surface area contributed by atoms with Gasteiger partial charge in [-0.15, -0.1) is 0 Å². The number of imide groups is 1. The number of hydrogen-bond donors (Lipinski definition) is 2. The van der Waals surface area contributed by atoms with Crippen molar-refractivity contribution in [2.75, 3.05) is 33.3 Å².